The molecule has 1 heterocycles. The monoisotopic (exact) mass is 303 g/mol. The Balaban J connectivity index is 2.25. The van der Waals surface area contributed by atoms with Crippen LogP contribution in [0.5, 0.6) is 0 Å². The molecule has 2 aromatic rings. The van der Waals surface area contributed by atoms with Crippen LogP contribution >= 0.6 is 0 Å². The molecule has 1 aromatic heterocycles. The Bertz CT molecular complexity index is 571. The van der Waals surface area contributed by atoms with E-state index in [0.717, 1.165) is 12.1 Å². The van der Waals surface area contributed by atoms with E-state index in [4.69, 9.17) is 4.52 Å². The van der Waals surface area contributed by atoms with Gasteiger partial charge in [0.1, 0.15) is 0 Å². The number of benzene rings is 1. The number of rotatable bonds is 6. The molecular formula is C17H25N3O2. The van der Waals surface area contributed by atoms with E-state index < -0.39 is 0 Å². The lowest BCUT2D eigenvalue weighted by Crippen LogP contribution is -2.37. The first-order chi connectivity index (χ1) is 10.5. The van der Waals surface area contributed by atoms with Gasteiger partial charge in [-0.1, -0.05) is 51.1 Å². The van der Waals surface area contributed by atoms with Crippen molar-refractivity contribution in [1.82, 2.24) is 10.1 Å². The van der Waals surface area contributed by atoms with Gasteiger partial charge in [-0.15, -0.1) is 0 Å². The van der Waals surface area contributed by atoms with Crippen LogP contribution in [0.3, 0.4) is 0 Å². The Morgan fingerprint density at radius 2 is 1.91 bits per heavy atom. The van der Waals surface area contributed by atoms with Crippen LogP contribution in [0.1, 0.15) is 45.8 Å². The second kappa shape index (κ2) is 6.92. The number of aromatic nitrogens is 2. The first-order valence-corrected chi connectivity index (χ1v) is 7.71. The summed E-state index contributed by atoms with van der Waals surface area (Å²) >= 11 is 0. The van der Waals surface area contributed by atoms with Crippen molar-refractivity contribution in [2.45, 2.75) is 52.1 Å². The van der Waals surface area contributed by atoms with Crippen molar-refractivity contribution in [2.75, 3.05) is 11.5 Å². The van der Waals surface area contributed by atoms with Crippen molar-refractivity contribution in [2.24, 2.45) is 0 Å². The summed E-state index contributed by atoms with van der Waals surface area (Å²) in [4.78, 5) is 6.62. The van der Waals surface area contributed by atoms with Crippen molar-refractivity contribution < 1.29 is 9.63 Å². The molecule has 0 fully saturated rings. The molecule has 0 aliphatic carbocycles. The van der Waals surface area contributed by atoms with Gasteiger partial charge in [-0.2, -0.15) is 4.98 Å². The third kappa shape index (κ3) is 3.85. The fourth-order valence-corrected chi connectivity index (χ4v) is 2.27. The molecule has 22 heavy (non-hydrogen) atoms. The van der Waals surface area contributed by atoms with Gasteiger partial charge in [0.05, 0.1) is 19.2 Å². The lowest BCUT2D eigenvalue weighted by molar-refractivity contribution is 0.254. The molecule has 1 atom stereocenters. The summed E-state index contributed by atoms with van der Waals surface area (Å²) in [7, 11) is 0. The minimum Gasteiger partial charge on any atom is -0.394 e. The molecule has 0 bridgehead atoms. The van der Waals surface area contributed by atoms with Gasteiger partial charge in [-0.3, -0.25) is 0 Å². The highest BCUT2D eigenvalue weighted by Crippen LogP contribution is 2.23. The summed E-state index contributed by atoms with van der Waals surface area (Å²) in [6, 6.07) is 10.0. The summed E-state index contributed by atoms with van der Waals surface area (Å²) in [5.41, 5.74) is 0.884. The van der Waals surface area contributed by atoms with Crippen LogP contribution in [0.15, 0.2) is 34.9 Å². The standard InChI is InChI=1S/C17H25N3O2/c1-5-13(12-21)20(14-9-7-6-8-10-14)11-15-18-16(22-19-15)17(2,3)4/h6-10,13,21H,5,11-12H2,1-4H3. The number of hydrogen-bond donors (Lipinski definition) is 1. The van der Waals surface area contributed by atoms with Crippen LogP contribution in [0.4, 0.5) is 5.69 Å². The Labute approximate surface area is 132 Å². The number of anilines is 1. The molecule has 1 aromatic carbocycles. The molecule has 1 unspecified atom stereocenters. The molecule has 120 valence electrons. The van der Waals surface area contributed by atoms with Crippen LogP contribution in [-0.4, -0.2) is 27.9 Å². The van der Waals surface area contributed by atoms with Gasteiger partial charge in [0.15, 0.2) is 5.82 Å². The van der Waals surface area contributed by atoms with Crippen LogP contribution in [0, 0.1) is 0 Å². The Morgan fingerprint density at radius 1 is 1.23 bits per heavy atom. The van der Waals surface area contributed by atoms with E-state index in [2.05, 4.69) is 22.0 Å². The van der Waals surface area contributed by atoms with Gasteiger partial charge in [0.2, 0.25) is 5.89 Å². The summed E-state index contributed by atoms with van der Waals surface area (Å²) in [5.74, 6) is 1.27. The first-order valence-electron chi connectivity index (χ1n) is 7.71. The van der Waals surface area contributed by atoms with Crippen LogP contribution in [0.25, 0.3) is 0 Å². The predicted octanol–water partition coefficient (Wildman–Crippen LogP) is 3.14. The second-order valence-electron chi connectivity index (χ2n) is 6.47. The second-order valence-corrected chi connectivity index (χ2v) is 6.47. The normalized spacial score (nSPS) is 13.1. The molecule has 0 amide bonds. The Morgan fingerprint density at radius 3 is 2.41 bits per heavy atom. The van der Waals surface area contributed by atoms with Crippen LogP contribution < -0.4 is 4.90 Å². The van der Waals surface area contributed by atoms with Crippen molar-refractivity contribution in [3.8, 4) is 0 Å². The maximum absolute atomic E-state index is 9.66. The molecule has 0 saturated heterocycles. The Kier molecular flexibility index (Phi) is 5.19. The topological polar surface area (TPSA) is 62.4 Å². The molecule has 0 radical (unpaired) electrons. The van der Waals surface area contributed by atoms with E-state index >= 15 is 0 Å². The molecule has 5 heteroatoms. The van der Waals surface area contributed by atoms with E-state index in [9.17, 15) is 5.11 Å². The minimum atomic E-state index is -0.163. The number of aliphatic hydroxyl groups is 1. The average molecular weight is 303 g/mol. The van der Waals surface area contributed by atoms with Gasteiger partial charge >= 0.3 is 0 Å². The molecule has 0 aliphatic rings. The van der Waals surface area contributed by atoms with Crippen molar-refractivity contribution in [3.63, 3.8) is 0 Å². The molecule has 5 nitrogen and oxygen atoms in total. The zero-order valence-corrected chi connectivity index (χ0v) is 13.8. The van der Waals surface area contributed by atoms with Crippen molar-refractivity contribution in [3.05, 3.63) is 42.0 Å². The fourth-order valence-electron chi connectivity index (χ4n) is 2.27. The molecule has 0 saturated carbocycles. The zero-order chi connectivity index (χ0) is 16.2. The average Bonchev–Trinajstić information content (AvgIpc) is 2.97. The number of nitrogens with zero attached hydrogens (tertiary/aromatic N) is 3. The van der Waals surface area contributed by atoms with Crippen LogP contribution in [-0.2, 0) is 12.0 Å². The number of aliphatic hydroxyl groups excluding tert-OH is 1. The van der Waals surface area contributed by atoms with Gasteiger partial charge in [0.25, 0.3) is 0 Å². The van der Waals surface area contributed by atoms with E-state index in [-0.39, 0.29) is 18.1 Å². The fraction of sp³-hybridized carbons (Fsp3) is 0.529. The van der Waals surface area contributed by atoms with Gasteiger partial charge < -0.3 is 14.5 Å². The lowest BCUT2D eigenvalue weighted by atomic mass is 9.97. The summed E-state index contributed by atoms with van der Waals surface area (Å²) in [5, 5.41) is 13.8. The third-order valence-electron chi connectivity index (χ3n) is 3.63. The summed E-state index contributed by atoms with van der Waals surface area (Å²) in [6.07, 6.45) is 0.843. The van der Waals surface area contributed by atoms with E-state index in [0.29, 0.717) is 18.3 Å². The van der Waals surface area contributed by atoms with Gasteiger partial charge in [-0.05, 0) is 18.6 Å². The van der Waals surface area contributed by atoms with E-state index in [1.807, 2.05) is 51.1 Å². The highest BCUT2D eigenvalue weighted by atomic mass is 16.5. The minimum absolute atomic E-state index is 0.0268. The smallest absolute Gasteiger partial charge is 0.232 e. The Hall–Kier alpha value is -1.88. The zero-order valence-electron chi connectivity index (χ0n) is 13.8. The largest absolute Gasteiger partial charge is 0.394 e. The van der Waals surface area contributed by atoms with E-state index in [1.54, 1.807) is 0 Å². The van der Waals surface area contributed by atoms with Crippen molar-refractivity contribution in [1.29, 1.82) is 0 Å². The molecule has 1 N–H and O–H groups in total. The van der Waals surface area contributed by atoms with Gasteiger partial charge in [-0.25, -0.2) is 0 Å². The third-order valence-corrected chi connectivity index (χ3v) is 3.63. The predicted molar refractivity (Wildman–Crippen MR) is 86.8 cm³/mol. The first kappa shape index (κ1) is 16.5. The quantitative estimate of drug-likeness (QED) is 0.888. The highest BCUT2D eigenvalue weighted by Gasteiger charge is 2.24. The maximum atomic E-state index is 9.66. The SMILES string of the molecule is CCC(CO)N(Cc1noc(C(C)(C)C)n1)c1ccccc1. The van der Waals surface area contributed by atoms with Gasteiger partial charge in [0, 0.05) is 11.1 Å². The summed E-state index contributed by atoms with van der Waals surface area (Å²) < 4.78 is 5.36. The van der Waals surface area contributed by atoms with Crippen LogP contribution in [0.2, 0.25) is 0 Å². The molecule has 0 spiro atoms. The lowest BCUT2D eigenvalue weighted by Gasteiger charge is -2.30. The maximum Gasteiger partial charge on any atom is 0.232 e. The summed E-state index contributed by atoms with van der Waals surface area (Å²) in [6.45, 7) is 8.80. The van der Waals surface area contributed by atoms with E-state index in [1.165, 1.54) is 0 Å². The number of hydrogen-bond acceptors (Lipinski definition) is 5. The highest BCUT2D eigenvalue weighted by molar-refractivity contribution is 5.47. The molecular weight excluding hydrogens is 278 g/mol. The molecule has 2 rings (SSSR count). The van der Waals surface area contributed by atoms with Crippen molar-refractivity contribution >= 4 is 5.69 Å². The number of para-hydroxylation sites is 1. The molecule has 0 aliphatic heterocycles.